The number of carbonyl (C=O) groups is 1. The van der Waals surface area contributed by atoms with Gasteiger partial charge in [0.2, 0.25) is 5.88 Å². The molecule has 0 atom stereocenters. The predicted octanol–water partition coefficient (Wildman–Crippen LogP) is 4.47. The first-order valence-electron chi connectivity index (χ1n) is 9.11. The fraction of sp³-hybridized carbons (Fsp3) is 0.350. The molecule has 1 N–H and O–H groups in total. The molecule has 0 fully saturated rings. The molecule has 2 aromatic heterocycles. The Morgan fingerprint density at radius 1 is 1.11 bits per heavy atom. The lowest BCUT2D eigenvalue weighted by atomic mass is 10.3. The second kappa shape index (κ2) is 9.32. The summed E-state index contributed by atoms with van der Waals surface area (Å²) in [6.45, 7) is 4.45. The summed E-state index contributed by atoms with van der Waals surface area (Å²) >= 11 is 1.71. The number of carboxylic acids is 1. The lowest BCUT2D eigenvalue weighted by Crippen LogP contribution is -2.26. The van der Waals surface area contributed by atoms with Crippen molar-refractivity contribution in [2.75, 3.05) is 24.6 Å². The molecule has 0 aliphatic carbocycles. The number of anilines is 1. The third kappa shape index (κ3) is 5.17. The molecule has 0 unspecified atom stereocenters. The number of unbranched alkanes of at least 4 members (excludes halogenated alkanes) is 1. The van der Waals surface area contributed by atoms with Gasteiger partial charge < -0.3 is 14.7 Å². The monoisotopic (exact) mass is 385 g/mol. The second-order valence-corrected chi connectivity index (χ2v) is 7.18. The Hall–Kier alpha value is -2.67. The standard InChI is InChI=1S/C20H23N3O3S/c1-2-3-12-23(20-22-15-8-4-5-10-17(15)27-20)13-7-14-26-18-11-6-9-16(21-18)19(24)25/h4-6,8-11H,2-3,7,12-14H2,1H3,(H,24,25). The number of aromatic carboxylic acids is 1. The van der Waals surface area contributed by atoms with Crippen molar-refractivity contribution < 1.29 is 14.6 Å². The van der Waals surface area contributed by atoms with E-state index in [1.165, 1.54) is 10.8 Å². The van der Waals surface area contributed by atoms with Crippen molar-refractivity contribution in [1.82, 2.24) is 9.97 Å². The maximum Gasteiger partial charge on any atom is 0.354 e. The summed E-state index contributed by atoms with van der Waals surface area (Å²) in [5, 5.41) is 10.0. The Balaban J connectivity index is 1.58. The number of hydrogen-bond acceptors (Lipinski definition) is 6. The average molecular weight is 385 g/mol. The van der Waals surface area contributed by atoms with Crippen molar-refractivity contribution in [3.05, 3.63) is 48.2 Å². The Morgan fingerprint density at radius 3 is 2.70 bits per heavy atom. The van der Waals surface area contributed by atoms with Crippen LogP contribution in [-0.4, -0.2) is 40.7 Å². The fourth-order valence-corrected chi connectivity index (χ4v) is 3.71. The molecule has 27 heavy (non-hydrogen) atoms. The zero-order chi connectivity index (χ0) is 19.1. The molecule has 2 heterocycles. The summed E-state index contributed by atoms with van der Waals surface area (Å²) in [4.78, 5) is 22.0. The fourth-order valence-electron chi connectivity index (χ4n) is 2.69. The van der Waals surface area contributed by atoms with Gasteiger partial charge in [0.25, 0.3) is 0 Å². The lowest BCUT2D eigenvalue weighted by molar-refractivity contribution is 0.0689. The number of ether oxygens (including phenoxy) is 1. The smallest absolute Gasteiger partial charge is 0.354 e. The van der Waals surface area contributed by atoms with Gasteiger partial charge in [0, 0.05) is 19.2 Å². The number of thiazole rings is 1. The first-order chi connectivity index (χ1) is 13.2. The molecule has 0 radical (unpaired) electrons. The number of benzene rings is 1. The molecule has 1 aromatic carbocycles. The van der Waals surface area contributed by atoms with Crippen molar-refractivity contribution in [1.29, 1.82) is 0 Å². The normalized spacial score (nSPS) is 10.9. The quantitative estimate of drug-likeness (QED) is 0.519. The molecule has 142 valence electrons. The van der Waals surface area contributed by atoms with E-state index in [4.69, 9.17) is 14.8 Å². The van der Waals surface area contributed by atoms with Crippen LogP contribution in [0.15, 0.2) is 42.5 Å². The van der Waals surface area contributed by atoms with Crippen LogP contribution in [0.2, 0.25) is 0 Å². The van der Waals surface area contributed by atoms with E-state index in [1.807, 2.05) is 18.2 Å². The molecule has 3 rings (SSSR count). The highest BCUT2D eigenvalue weighted by Crippen LogP contribution is 2.28. The van der Waals surface area contributed by atoms with Gasteiger partial charge in [-0.25, -0.2) is 14.8 Å². The van der Waals surface area contributed by atoms with Crippen molar-refractivity contribution in [3.63, 3.8) is 0 Å². The van der Waals surface area contributed by atoms with Gasteiger partial charge >= 0.3 is 5.97 Å². The zero-order valence-corrected chi connectivity index (χ0v) is 16.1. The van der Waals surface area contributed by atoms with E-state index >= 15 is 0 Å². The van der Waals surface area contributed by atoms with Crippen LogP contribution >= 0.6 is 11.3 Å². The number of carboxylic acid groups (broad SMARTS) is 1. The van der Waals surface area contributed by atoms with Crippen LogP contribution in [-0.2, 0) is 0 Å². The predicted molar refractivity (Wildman–Crippen MR) is 108 cm³/mol. The molecule has 3 aromatic rings. The lowest BCUT2D eigenvalue weighted by Gasteiger charge is -2.21. The van der Waals surface area contributed by atoms with Crippen molar-refractivity contribution in [2.45, 2.75) is 26.2 Å². The van der Waals surface area contributed by atoms with E-state index in [-0.39, 0.29) is 5.69 Å². The van der Waals surface area contributed by atoms with Crippen molar-refractivity contribution >= 4 is 32.7 Å². The third-order valence-electron chi connectivity index (χ3n) is 4.10. The van der Waals surface area contributed by atoms with Gasteiger partial charge in [0.1, 0.15) is 0 Å². The largest absolute Gasteiger partial charge is 0.478 e. The number of nitrogens with zero attached hydrogens (tertiary/aromatic N) is 3. The number of pyridine rings is 1. The number of hydrogen-bond donors (Lipinski definition) is 1. The summed E-state index contributed by atoms with van der Waals surface area (Å²) in [7, 11) is 0. The maximum atomic E-state index is 11.0. The molecule has 0 aliphatic rings. The van der Waals surface area contributed by atoms with Gasteiger partial charge in [-0.15, -0.1) is 0 Å². The first-order valence-corrected chi connectivity index (χ1v) is 9.92. The molecule has 0 bridgehead atoms. The van der Waals surface area contributed by atoms with Crippen LogP contribution in [0.4, 0.5) is 5.13 Å². The van der Waals surface area contributed by atoms with Crippen LogP contribution in [0, 0.1) is 0 Å². The minimum absolute atomic E-state index is 0.00783. The highest BCUT2D eigenvalue weighted by molar-refractivity contribution is 7.22. The average Bonchev–Trinajstić information content (AvgIpc) is 3.11. The topological polar surface area (TPSA) is 75.5 Å². The second-order valence-electron chi connectivity index (χ2n) is 6.17. The van der Waals surface area contributed by atoms with Crippen LogP contribution in [0.5, 0.6) is 5.88 Å². The van der Waals surface area contributed by atoms with Gasteiger partial charge in [0.05, 0.1) is 16.8 Å². The van der Waals surface area contributed by atoms with Gasteiger partial charge in [-0.2, -0.15) is 0 Å². The van der Waals surface area contributed by atoms with Gasteiger partial charge in [-0.05, 0) is 31.0 Å². The Kier molecular flexibility index (Phi) is 6.59. The van der Waals surface area contributed by atoms with Crippen molar-refractivity contribution in [3.8, 4) is 5.88 Å². The molecule has 0 amide bonds. The van der Waals surface area contributed by atoms with E-state index in [0.717, 1.165) is 43.0 Å². The number of aromatic nitrogens is 2. The van der Waals surface area contributed by atoms with E-state index in [2.05, 4.69) is 22.9 Å². The summed E-state index contributed by atoms with van der Waals surface area (Å²) in [6.07, 6.45) is 3.04. The molecule has 0 saturated carbocycles. The highest BCUT2D eigenvalue weighted by atomic mass is 32.1. The molecule has 0 spiro atoms. The van der Waals surface area contributed by atoms with Crippen molar-refractivity contribution in [2.24, 2.45) is 0 Å². The summed E-state index contributed by atoms with van der Waals surface area (Å²) in [5.74, 6) is -0.711. The Morgan fingerprint density at radius 2 is 1.93 bits per heavy atom. The minimum atomic E-state index is -1.05. The van der Waals surface area contributed by atoms with Crippen LogP contribution < -0.4 is 9.64 Å². The molecular weight excluding hydrogens is 362 g/mol. The van der Waals surface area contributed by atoms with E-state index in [1.54, 1.807) is 23.5 Å². The van der Waals surface area contributed by atoms with Crippen LogP contribution in [0.1, 0.15) is 36.7 Å². The third-order valence-corrected chi connectivity index (χ3v) is 5.20. The molecule has 0 aliphatic heterocycles. The number of fused-ring (bicyclic) bond motifs is 1. The summed E-state index contributed by atoms with van der Waals surface area (Å²) in [5.41, 5.74) is 1.02. The maximum absolute atomic E-state index is 11.0. The molecular formula is C20H23N3O3S. The van der Waals surface area contributed by atoms with E-state index < -0.39 is 5.97 Å². The van der Waals surface area contributed by atoms with Crippen LogP contribution in [0.3, 0.4) is 0 Å². The van der Waals surface area contributed by atoms with E-state index in [9.17, 15) is 4.79 Å². The van der Waals surface area contributed by atoms with Gasteiger partial charge in [-0.3, -0.25) is 0 Å². The zero-order valence-electron chi connectivity index (χ0n) is 15.3. The summed E-state index contributed by atoms with van der Waals surface area (Å²) < 4.78 is 6.82. The van der Waals surface area contributed by atoms with Crippen LogP contribution in [0.25, 0.3) is 10.2 Å². The van der Waals surface area contributed by atoms with Gasteiger partial charge in [0.15, 0.2) is 10.8 Å². The SMILES string of the molecule is CCCCN(CCCOc1cccc(C(=O)O)n1)c1nc2ccccc2s1. The minimum Gasteiger partial charge on any atom is -0.478 e. The van der Waals surface area contributed by atoms with Gasteiger partial charge in [-0.1, -0.05) is 42.9 Å². The summed E-state index contributed by atoms with van der Waals surface area (Å²) in [6, 6.07) is 12.9. The molecule has 6 nitrogen and oxygen atoms in total. The Labute approximate surface area is 162 Å². The highest BCUT2D eigenvalue weighted by Gasteiger charge is 2.12. The number of rotatable bonds is 10. The molecule has 7 heteroatoms. The first kappa shape index (κ1) is 19.1. The molecule has 0 saturated heterocycles. The number of para-hydroxylation sites is 1. The van der Waals surface area contributed by atoms with E-state index in [0.29, 0.717) is 12.5 Å². The Bertz CT molecular complexity index is 864.